The second kappa shape index (κ2) is 17.2. The fourth-order valence-corrected chi connectivity index (χ4v) is 2.57. The van der Waals surface area contributed by atoms with Crippen molar-refractivity contribution in [1.29, 1.82) is 0 Å². The third-order valence-corrected chi connectivity index (χ3v) is 3.97. The molecule has 0 aliphatic carbocycles. The van der Waals surface area contributed by atoms with Crippen molar-refractivity contribution in [2.45, 2.75) is 97.3 Å². The molecular weight excluding hydrogens is 288 g/mol. The van der Waals surface area contributed by atoms with Gasteiger partial charge in [0.25, 0.3) is 0 Å². The maximum atomic E-state index is 11.5. The number of hydrogen-bond acceptors (Lipinski definition) is 3. The van der Waals surface area contributed by atoms with Crippen LogP contribution in [0.5, 0.6) is 0 Å². The van der Waals surface area contributed by atoms with Crippen molar-refractivity contribution >= 4 is 11.8 Å². The summed E-state index contributed by atoms with van der Waals surface area (Å²) in [4.78, 5) is 22.6. The Balaban J connectivity index is 3.29. The maximum Gasteiger partial charge on any atom is 0.330 e. The number of rotatable bonds is 16. The van der Waals surface area contributed by atoms with Crippen LogP contribution in [0.15, 0.2) is 12.2 Å². The number of hydrogen-bond donors (Lipinski definition) is 0. The van der Waals surface area contributed by atoms with Crippen molar-refractivity contribution in [3.8, 4) is 0 Å². The summed E-state index contributed by atoms with van der Waals surface area (Å²) in [6.07, 6.45) is 18.6. The van der Waals surface area contributed by atoms with Crippen LogP contribution < -0.4 is 0 Å². The second-order valence-electron chi connectivity index (χ2n) is 6.19. The lowest BCUT2D eigenvalue weighted by Gasteiger charge is -2.02. The van der Waals surface area contributed by atoms with E-state index in [1.54, 1.807) is 6.92 Å². The van der Waals surface area contributed by atoms with Crippen LogP contribution in [0.4, 0.5) is 0 Å². The molecule has 0 unspecified atom stereocenters. The lowest BCUT2D eigenvalue weighted by atomic mass is 10.0. The van der Waals surface area contributed by atoms with Gasteiger partial charge in [-0.1, -0.05) is 77.6 Å². The molecule has 134 valence electrons. The summed E-state index contributed by atoms with van der Waals surface area (Å²) in [7, 11) is 0. The van der Waals surface area contributed by atoms with Gasteiger partial charge < -0.3 is 4.74 Å². The van der Waals surface area contributed by atoms with Gasteiger partial charge in [-0.15, -0.1) is 0 Å². The largest absolute Gasteiger partial charge is 0.463 e. The van der Waals surface area contributed by atoms with Crippen molar-refractivity contribution < 1.29 is 14.3 Å². The van der Waals surface area contributed by atoms with Gasteiger partial charge in [0.2, 0.25) is 0 Å². The number of allylic oxidation sites excluding steroid dienone is 1. The Morgan fingerprint density at radius 2 is 1.17 bits per heavy atom. The van der Waals surface area contributed by atoms with Gasteiger partial charge in [-0.25, -0.2) is 4.79 Å². The van der Waals surface area contributed by atoms with Crippen molar-refractivity contribution in [2.24, 2.45) is 0 Å². The maximum absolute atomic E-state index is 11.5. The summed E-state index contributed by atoms with van der Waals surface area (Å²) in [5.41, 5.74) is 0. The molecule has 0 aromatic heterocycles. The van der Waals surface area contributed by atoms with E-state index in [4.69, 9.17) is 4.74 Å². The van der Waals surface area contributed by atoms with E-state index in [-0.39, 0.29) is 5.78 Å². The van der Waals surface area contributed by atoms with Gasteiger partial charge in [-0.3, -0.25) is 4.79 Å². The zero-order valence-corrected chi connectivity index (χ0v) is 15.3. The molecule has 0 aromatic rings. The van der Waals surface area contributed by atoms with Crippen LogP contribution in [0.3, 0.4) is 0 Å². The van der Waals surface area contributed by atoms with Crippen LogP contribution in [0.2, 0.25) is 0 Å². The van der Waals surface area contributed by atoms with Gasteiger partial charge in [0.05, 0.1) is 6.61 Å². The molecule has 23 heavy (non-hydrogen) atoms. The number of ketones is 1. The average molecular weight is 325 g/mol. The molecule has 0 bridgehead atoms. The molecule has 0 aliphatic heterocycles. The molecule has 0 amide bonds. The molecule has 0 radical (unpaired) electrons. The highest BCUT2D eigenvalue weighted by Gasteiger charge is 2.00. The Bertz CT molecular complexity index is 321. The van der Waals surface area contributed by atoms with E-state index in [1.807, 2.05) is 0 Å². The fraction of sp³-hybridized carbons (Fsp3) is 0.800. The highest BCUT2D eigenvalue weighted by atomic mass is 16.5. The standard InChI is InChI=1S/C20H36O3/c1-3-5-6-7-8-9-10-11-12-13-14-15-16-19(21)17-18-20(22)23-4-2/h17-18H,3-16H2,1-2H3. The highest BCUT2D eigenvalue weighted by Crippen LogP contribution is 2.12. The van der Waals surface area contributed by atoms with Crippen LogP contribution in [0.25, 0.3) is 0 Å². The Hall–Kier alpha value is -1.12. The number of carbonyl (C=O) groups is 2. The second-order valence-corrected chi connectivity index (χ2v) is 6.19. The lowest BCUT2D eigenvalue weighted by Crippen LogP contribution is -2.01. The van der Waals surface area contributed by atoms with Crippen LogP contribution in [-0.2, 0) is 14.3 Å². The molecule has 0 saturated heterocycles. The SMILES string of the molecule is CCCCCCCCCCCCCCC(=O)C=CC(=O)OCC. The predicted molar refractivity (Wildman–Crippen MR) is 96.5 cm³/mol. The summed E-state index contributed by atoms with van der Waals surface area (Å²) in [5, 5.41) is 0. The van der Waals surface area contributed by atoms with E-state index in [0.29, 0.717) is 13.0 Å². The Morgan fingerprint density at radius 3 is 1.65 bits per heavy atom. The third-order valence-electron chi connectivity index (χ3n) is 3.97. The molecule has 0 atom stereocenters. The van der Waals surface area contributed by atoms with Crippen molar-refractivity contribution in [3.05, 3.63) is 12.2 Å². The molecule has 0 spiro atoms. The number of unbranched alkanes of at least 4 members (excludes halogenated alkanes) is 11. The zero-order valence-electron chi connectivity index (χ0n) is 15.3. The first-order chi connectivity index (χ1) is 11.2. The Labute approximate surface area is 142 Å². The van der Waals surface area contributed by atoms with Crippen molar-refractivity contribution in [1.82, 2.24) is 0 Å². The highest BCUT2D eigenvalue weighted by molar-refractivity contribution is 5.95. The Morgan fingerprint density at radius 1 is 0.696 bits per heavy atom. The van der Waals surface area contributed by atoms with E-state index in [2.05, 4.69) is 6.92 Å². The Kier molecular flexibility index (Phi) is 16.4. The van der Waals surface area contributed by atoms with Crippen LogP contribution in [0.1, 0.15) is 97.3 Å². The van der Waals surface area contributed by atoms with Gasteiger partial charge in [-0.05, 0) is 19.4 Å². The van der Waals surface area contributed by atoms with Gasteiger partial charge in [0.15, 0.2) is 5.78 Å². The van der Waals surface area contributed by atoms with Crippen LogP contribution in [-0.4, -0.2) is 18.4 Å². The molecule has 3 nitrogen and oxygen atoms in total. The smallest absolute Gasteiger partial charge is 0.330 e. The summed E-state index contributed by atoms with van der Waals surface area (Å²) < 4.78 is 4.73. The zero-order chi connectivity index (χ0) is 17.2. The molecule has 3 heteroatoms. The first-order valence-corrected chi connectivity index (χ1v) is 9.58. The summed E-state index contributed by atoms with van der Waals surface area (Å²) >= 11 is 0. The first kappa shape index (κ1) is 21.9. The van der Waals surface area contributed by atoms with E-state index in [9.17, 15) is 9.59 Å². The number of esters is 1. The molecule has 0 fully saturated rings. The number of ether oxygens (including phenoxy) is 1. The molecule has 0 saturated carbocycles. The van der Waals surface area contributed by atoms with E-state index >= 15 is 0 Å². The first-order valence-electron chi connectivity index (χ1n) is 9.58. The quantitative estimate of drug-likeness (QED) is 0.206. The topological polar surface area (TPSA) is 43.4 Å². The predicted octanol–water partition coefficient (Wildman–Crippen LogP) is 5.77. The lowest BCUT2D eigenvalue weighted by molar-refractivity contribution is -0.137. The summed E-state index contributed by atoms with van der Waals surface area (Å²) in [6.45, 7) is 4.35. The van der Waals surface area contributed by atoms with Crippen LogP contribution in [0, 0.1) is 0 Å². The molecule has 0 heterocycles. The van der Waals surface area contributed by atoms with Gasteiger partial charge >= 0.3 is 5.97 Å². The van der Waals surface area contributed by atoms with E-state index < -0.39 is 5.97 Å². The molecule has 0 N–H and O–H groups in total. The normalized spacial score (nSPS) is 11.0. The van der Waals surface area contributed by atoms with Crippen molar-refractivity contribution in [3.63, 3.8) is 0 Å². The van der Waals surface area contributed by atoms with E-state index in [0.717, 1.165) is 12.8 Å². The van der Waals surface area contributed by atoms with Gasteiger partial charge in [0, 0.05) is 12.5 Å². The minimum Gasteiger partial charge on any atom is -0.463 e. The van der Waals surface area contributed by atoms with Crippen LogP contribution >= 0.6 is 0 Å². The molecule has 0 aliphatic rings. The number of carbonyl (C=O) groups excluding carboxylic acids is 2. The monoisotopic (exact) mass is 324 g/mol. The molecular formula is C20H36O3. The minimum absolute atomic E-state index is 0.0186. The minimum atomic E-state index is -0.435. The summed E-state index contributed by atoms with van der Waals surface area (Å²) in [6, 6.07) is 0. The van der Waals surface area contributed by atoms with Gasteiger partial charge in [0.1, 0.15) is 0 Å². The third kappa shape index (κ3) is 17.1. The van der Waals surface area contributed by atoms with Crippen molar-refractivity contribution in [2.75, 3.05) is 6.61 Å². The summed E-state index contributed by atoms with van der Waals surface area (Å²) in [5.74, 6) is -0.416. The fourth-order valence-electron chi connectivity index (χ4n) is 2.57. The molecule has 0 aromatic carbocycles. The molecule has 0 rings (SSSR count). The van der Waals surface area contributed by atoms with E-state index in [1.165, 1.54) is 76.4 Å². The average Bonchev–Trinajstić information content (AvgIpc) is 2.54. The van der Waals surface area contributed by atoms with Gasteiger partial charge in [-0.2, -0.15) is 0 Å².